The summed E-state index contributed by atoms with van der Waals surface area (Å²) in [5, 5.41) is 2.84. The van der Waals surface area contributed by atoms with Gasteiger partial charge in [0.1, 0.15) is 0 Å². The Kier molecular flexibility index (Phi) is 6.85. The van der Waals surface area contributed by atoms with Gasteiger partial charge in [0.05, 0.1) is 6.04 Å². The van der Waals surface area contributed by atoms with Crippen LogP contribution in [-0.4, -0.2) is 11.9 Å². The van der Waals surface area contributed by atoms with Crippen molar-refractivity contribution in [3.8, 4) is 0 Å². The molecule has 0 aliphatic heterocycles. The number of nitrogens with two attached hydrogens (primary N) is 1. The maximum atomic E-state index is 11.6. The molecule has 1 amide bonds. The highest BCUT2D eigenvalue weighted by Crippen LogP contribution is 2.03. The van der Waals surface area contributed by atoms with Gasteiger partial charge in [-0.15, -0.1) is 12.4 Å². The molecule has 0 saturated heterocycles. The molecule has 0 heterocycles. The van der Waals surface area contributed by atoms with E-state index in [4.69, 9.17) is 5.73 Å². The quantitative estimate of drug-likeness (QED) is 0.866. The lowest BCUT2D eigenvalue weighted by Gasteiger charge is -2.15. The zero-order valence-corrected chi connectivity index (χ0v) is 11.4. The number of aryl methyl sites for hydroxylation is 1. The van der Waals surface area contributed by atoms with Crippen molar-refractivity contribution < 1.29 is 4.79 Å². The smallest absolute Gasteiger partial charge is 0.237 e. The molecule has 0 spiro atoms. The van der Waals surface area contributed by atoms with Gasteiger partial charge in [0, 0.05) is 6.54 Å². The van der Waals surface area contributed by atoms with E-state index in [0.29, 0.717) is 6.54 Å². The van der Waals surface area contributed by atoms with E-state index in [9.17, 15) is 4.79 Å². The first-order valence-electron chi connectivity index (χ1n) is 5.59. The van der Waals surface area contributed by atoms with Crippen molar-refractivity contribution in [2.24, 2.45) is 11.7 Å². The van der Waals surface area contributed by atoms with E-state index in [-0.39, 0.29) is 24.2 Å². The number of carbonyl (C=O) groups is 1. The summed E-state index contributed by atoms with van der Waals surface area (Å²) in [6.07, 6.45) is 0. The van der Waals surface area contributed by atoms with Crippen LogP contribution in [0, 0.1) is 12.8 Å². The lowest BCUT2D eigenvalue weighted by atomic mass is 10.0. The highest BCUT2D eigenvalue weighted by molar-refractivity contribution is 5.85. The van der Waals surface area contributed by atoms with E-state index >= 15 is 0 Å². The molecule has 0 aromatic heterocycles. The topological polar surface area (TPSA) is 55.1 Å². The van der Waals surface area contributed by atoms with Gasteiger partial charge in [0.15, 0.2) is 0 Å². The summed E-state index contributed by atoms with van der Waals surface area (Å²) in [5.74, 6) is 0.0774. The molecule has 0 aliphatic rings. The van der Waals surface area contributed by atoms with Crippen LogP contribution >= 0.6 is 12.4 Å². The van der Waals surface area contributed by atoms with E-state index in [2.05, 4.69) is 5.32 Å². The second-order valence-electron chi connectivity index (χ2n) is 4.47. The Morgan fingerprint density at radius 3 is 2.29 bits per heavy atom. The molecule has 1 aromatic carbocycles. The van der Waals surface area contributed by atoms with E-state index in [0.717, 1.165) is 5.56 Å². The third kappa shape index (κ3) is 5.20. The number of halogens is 1. The van der Waals surface area contributed by atoms with Crippen LogP contribution in [0.5, 0.6) is 0 Å². The molecule has 4 heteroatoms. The summed E-state index contributed by atoms with van der Waals surface area (Å²) in [6.45, 7) is 6.46. The fraction of sp³-hybridized carbons (Fsp3) is 0.462. The Bertz CT molecular complexity index is 349. The Morgan fingerprint density at radius 2 is 1.82 bits per heavy atom. The van der Waals surface area contributed by atoms with E-state index < -0.39 is 6.04 Å². The highest BCUT2D eigenvalue weighted by Gasteiger charge is 2.16. The van der Waals surface area contributed by atoms with Gasteiger partial charge in [-0.25, -0.2) is 0 Å². The number of hydrogen-bond donors (Lipinski definition) is 2. The van der Waals surface area contributed by atoms with Gasteiger partial charge in [-0.2, -0.15) is 0 Å². The van der Waals surface area contributed by atoms with Gasteiger partial charge < -0.3 is 11.1 Å². The fourth-order valence-electron chi connectivity index (χ4n) is 1.32. The van der Waals surface area contributed by atoms with Crippen LogP contribution in [0.1, 0.15) is 25.0 Å². The molecule has 1 rings (SSSR count). The Hall–Kier alpha value is -1.06. The number of benzene rings is 1. The number of nitrogens with one attached hydrogen (secondary N) is 1. The molecular formula is C13H21ClN2O. The molecule has 96 valence electrons. The number of amides is 1. The van der Waals surface area contributed by atoms with Gasteiger partial charge in [-0.1, -0.05) is 43.7 Å². The molecule has 0 aliphatic carbocycles. The van der Waals surface area contributed by atoms with E-state index in [1.165, 1.54) is 5.56 Å². The van der Waals surface area contributed by atoms with Crippen molar-refractivity contribution in [2.45, 2.75) is 33.4 Å². The molecule has 1 aromatic rings. The van der Waals surface area contributed by atoms with Crippen LogP contribution in [0.2, 0.25) is 0 Å². The van der Waals surface area contributed by atoms with E-state index in [1.54, 1.807) is 0 Å². The van der Waals surface area contributed by atoms with Crippen LogP contribution in [0.15, 0.2) is 24.3 Å². The fourth-order valence-corrected chi connectivity index (χ4v) is 1.32. The second kappa shape index (κ2) is 7.30. The second-order valence-corrected chi connectivity index (χ2v) is 4.47. The lowest BCUT2D eigenvalue weighted by molar-refractivity contribution is -0.123. The van der Waals surface area contributed by atoms with Gasteiger partial charge >= 0.3 is 0 Å². The Morgan fingerprint density at radius 1 is 1.29 bits per heavy atom. The van der Waals surface area contributed by atoms with Crippen molar-refractivity contribution >= 4 is 18.3 Å². The zero-order valence-electron chi connectivity index (χ0n) is 10.6. The maximum Gasteiger partial charge on any atom is 0.237 e. The molecule has 0 radical (unpaired) electrons. The SMILES string of the molecule is Cc1ccc(CNC(=O)C(N)C(C)C)cc1.Cl. The lowest BCUT2D eigenvalue weighted by Crippen LogP contribution is -2.43. The molecule has 0 saturated carbocycles. The predicted octanol–water partition coefficient (Wildman–Crippen LogP) is 2.02. The van der Waals surface area contributed by atoms with Crippen LogP contribution in [0.25, 0.3) is 0 Å². The number of carbonyl (C=O) groups excluding carboxylic acids is 1. The minimum Gasteiger partial charge on any atom is -0.351 e. The third-order valence-corrected chi connectivity index (χ3v) is 2.61. The zero-order chi connectivity index (χ0) is 12.1. The monoisotopic (exact) mass is 256 g/mol. The molecule has 1 unspecified atom stereocenters. The molecule has 3 nitrogen and oxygen atoms in total. The van der Waals surface area contributed by atoms with Gasteiger partial charge in [0.25, 0.3) is 0 Å². The van der Waals surface area contributed by atoms with Crippen LogP contribution in [0.4, 0.5) is 0 Å². The average Bonchev–Trinajstić information content (AvgIpc) is 2.26. The molecular weight excluding hydrogens is 236 g/mol. The molecule has 1 atom stereocenters. The van der Waals surface area contributed by atoms with E-state index in [1.807, 2.05) is 45.0 Å². The average molecular weight is 257 g/mol. The number of rotatable bonds is 4. The van der Waals surface area contributed by atoms with Crippen molar-refractivity contribution in [3.05, 3.63) is 35.4 Å². The van der Waals surface area contributed by atoms with Gasteiger partial charge in [-0.05, 0) is 18.4 Å². The number of hydrogen-bond acceptors (Lipinski definition) is 2. The highest BCUT2D eigenvalue weighted by atomic mass is 35.5. The Balaban J connectivity index is 0.00000256. The third-order valence-electron chi connectivity index (χ3n) is 2.61. The molecule has 17 heavy (non-hydrogen) atoms. The largest absolute Gasteiger partial charge is 0.351 e. The summed E-state index contributed by atoms with van der Waals surface area (Å²) in [6, 6.07) is 7.66. The van der Waals surface area contributed by atoms with Crippen molar-refractivity contribution in [2.75, 3.05) is 0 Å². The minimum atomic E-state index is -0.426. The molecule has 0 bridgehead atoms. The first-order chi connectivity index (χ1) is 7.50. The molecule has 0 fully saturated rings. The van der Waals surface area contributed by atoms with Crippen LogP contribution in [0.3, 0.4) is 0 Å². The predicted molar refractivity (Wildman–Crippen MR) is 73.1 cm³/mol. The van der Waals surface area contributed by atoms with Crippen molar-refractivity contribution in [3.63, 3.8) is 0 Å². The van der Waals surface area contributed by atoms with Crippen LogP contribution < -0.4 is 11.1 Å². The standard InChI is InChI=1S/C13H20N2O.ClH/c1-9(2)12(14)13(16)15-8-11-6-4-10(3)5-7-11;/h4-7,9,12H,8,14H2,1-3H3,(H,15,16);1H. The summed E-state index contributed by atoms with van der Waals surface area (Å²) in [5.41, 5.74) is 8.05. The van der Waals surface area contributed by atoms with Crippen molar-refractivity contribution in [1.29, 1.82) is 0 Å². The first kappa shape index (κ1) is 15.9. The van der Waals surface area contributed by atoms with Gasteiger partial charge in [-0.3, -0.25) is 4.79 Å². The maximum absolute atomic E-state index is 11.6. The summed E-state index contributed by atoms with van der Waals surface area (Å²) in [7, 11) is 0. The minimum absolute atomic E-state index is 0. The first-order valence-corrected chi connectivity index (χ1v) is 5.59. The normalized spacial score (nSPS) is 11.8. The summed E-state index contributed by atoms with van der Waals surface area (Å²) < 4.78 is 0. The molecule has 3 N–H and O–H groups in total. The van der Waals surface area contributed by atoms with Crippen molar-refractivity contribution in [1.82, 2.24) is 5.32 Å². The summed E-state index contributed by atoms with van der Waals surface area (Å²) in [4.78, 5) is 11.6. The Labute approximate surface area is 109 Å². The van der Waals surface area contributed by atoms with Gasteiger partial charge in [0.2, 0.25) is 5.91 Å². The summed E-state index contributed by atoms with van der Waals surface area (Å²) >= 11 is 0. The van der Waals surface area contributed by atoms with Crippen LogP contribution in [-0.2, 0) is 11.3 Å².